The van der Waals surface area contributed by atoms with Crippen molar-refractivity contribution >= 4 is 5.97 Å². The largest absolute Gasteiger partial charge is 0.469 e. The Morgan fingerprint density at radius 2 is 2.53 bits per heavy atom. The van der Waals surface area contributed by atoms with Crippen LogP contribution >= 0.6 is 0 Å². The molecule has 0 bridgehead atoms. The van der Waals surface area contributed by atoms with E-state index in [2.05, 4.69) is 19.8 Å². The van der Waals surface area contributed by atoms with E-state index in [1.54, 1.807) is 0 Å². The average Bonchev–Trinajstić information content (AvgIpc) is 3.08. The zero-order valence-electron chi connectivity index (χ0n) is 11.1. The Kier molecular flexibility index (Phi) is 5.29. The van der Waals surface area contributed by atoms with Crippen molar-refractivity contribution in [2.75, 3.05) is 26.8 Å². The molecule has 1 aromatic rings. The fourth-order valence-electron chi connectivity index (χ4n) is 2.12. The van der Waals surface area contributed by atoms with Gasteiger partial charge in [-0.3, -0.25) is 9.69 Å². The van der Waals surface area contributed by atoms with E-state index in [1.165, 1.54) is 13.4 Å². The Balaban J connectivity index is 1.85. The van der Waals surface area contributed by atoms with E-state index in [4.69, 9.17) is 9.26 Å². The summed E-state index contributed by atoms with van der Waals surface area (Å²) in [5.74, 6) is 0.325. The molecular formula is C12H19N3O4. The van der Waals surface area contributed by atoms with E-state index in [0.29, 0.717) is 25.4 Å². The second-order valence-corrected chi connectivity index (χ2v) is 4.53. The van der Waals surface area contributed by atoms with Crippen LogP contribution in [0, 0.1) is 0 Å². The number of nitrogens with zero attached hydrogens (tertiary/aromatic N) is 3. The van der Waals surface area contributed by atoms with Crippen LogP contribution in [0.25, 0.3) is 0 Å². The molecule has 1 saturated heterocycles. The Bertz CT molecular complexity index is 376. The Hall–Kier alpha value is -1.47. The molecule has 0 aliphatic carbocycles. The summed E-state index contributed by atoms with van der Waals surface area (Å²) in [5.41, 5.74) is 0. The SMILES string of the molecule is COC(=O)CCN(Cc1ncno1)CC1CCCO1. The summed E-state index contributed by atoms with van der Waals surface area (Å²) in [7, 11) is 1.39. The van der Waals surface area contributed by atoms with Crippen LogP contribution in [0.2, 0.25) is 0 Å². The number of aromatic nitrogens is 2. The van der Waals surface area contributed by atoms with Crippen molar-refractivity contribution in [3.05, 3.63) is 12.2 Å². The van der Waals surface area contributed by atoms with Gasteiger partial charge in [-0.25, -0.2) is 0 Å². The Morgan fingerprint density at radius 1 is 1.63 bits per heavy atom. The van der Waals surface area contributed by atoms with E-state index >= 15 is 0 Å². The minimum Gasteiger partial charge on any atom is -0.469 e. The zero-order chi connectivity index (χ0) is 13.5. The number of ether oxygens (including phenoxy) is 2. The quantitative estimate of drug-likeness (QED) is 0.671. The molecule has 2 heterocycles. The number of rotatable bonds is 7. The highest BCUT2D eigenvalue weighted by Gasteiger charge is 2.21. The summed E-state index contributed by atoms with van der Waals surface area (Å²) in [6, 6.07) is 0. The maximum absolute atomic E-state index is 11.2. The van der Waals surface area contributed by atoms with Crippen molar-refractivity contribution in [1.29, 1.82) is 0 Å². The Morgan fingerprint density at radius 3 is 3.16 bits per heavy atom. The number of methoxy groups -OCH3 is 1. The summed E-state index contributed by atoms with van der Waals surface area (Å²) in [4.78, 5) is 17.3. The number of hydrogen-bond donors (Lipinski definition) is 0. The second kappa shape index (κ2) is 7.20. The summed E-state index contributed by atoms with van der Waals surface area (Å²) in [6.45, 7) is 2.70. The smallest absolute Gasteiger partial charge is 0.306 e. The standard InChI is InChI=1S/C12H19N3O4/c1-17-12(16)4-5-15(7-10-3-2-6-18-10)8-11-13-9-14-19-11/h9-10H,2-8H2,1H3. The average molecular weight is 269 g/mol. The number of carbonyl (C=O) groups is 1. The van der Waals surface area contributed by atoms with Crippen molar-refractivity contribution < 1.29 is 18.8 Å². The zero-order valence-corrected chi connectivity index (χ0v) is 11.1. The molecule has 0 aromatic carbocycles. The third-order valence-corrected chi connectivity index (χ3v) is 3.11. The molecule has 106 valence electrons. The first-order valence-electron chi connectivity index (χ1n) is 6.44. The van der Waals surface area contributed by atoms with E-state index in [9.17, 15) is 4.79 Å². The molecule has 1 aliphatic rings. The molecule has 1 unspecified atom stereocenters. The van der Waals surface area contributed by atoms with Crippen LogP contribution < -0.4 is 0 Å². The summed E-state index contributed by atoms with van der Waals surface area (Å²) >= 11 is 0. The van der Waals surface area contributed by atoms with Crippen molar-refractivity contribution in [2.45, 2.75) is 31.9 Å². The van der Waals surface area contributed by atoms with E-state index in [0.717, 1.165) is 26.0 Å². The Labute approximate surface area is 111 Å². The molecule has 1 aromatic heterocycles. The van der Waals surface area contributed by atoms with Gasteiger partial charge in [0.25, 0.3) is 0 Å². The van der Waals surface area contributed by atoms with Gasteiger partial charge in [0.15, 0.2) is 6.33 Å². The van der Waals surface area contributed by atoms with Gasteiger partial charge in [0, 0.05) is 19.7 Å². The molecule has 2 rings (SSSR count). The molecule has 0 amide bonds. The van der Waals surface area contributed by atoms with Gasteiger partial charge in [-0.05, 0) is 12.8 Å². The van der Waals surface area contributed by atoms with Gasteiger partial charge in [0.2, 0.25) is 5.89 Å². The van der Waals surface area contributed by atoms with Crippen molar-refractivity contribution in [3.8, 4) is 0 Å². The lowest BCUT2D eigenvalue weighted by Crippen LogP contribution is -2.33. The second-order valence-electron chi connectivity index (χ2n) is 4.53. The maximum atomic E-state index is 11.2. The van der Waals surface area contributed by atoms with Crippen molar-refractivity contribution in [2.24, 2.45) is 0 Å². The lowest BCUT2D eigenvalue weighted by atomic mass is 10.2. The fourth-order valence-corrected chi connectivity index (χ4v) is 2.12. The summed E-state index contributed by atoms with van der Waals surface area (Å²) < 4.78 is 15.3. The molecule has 7 heteroatoms. The highest BCUT2D eigenvalue weighted by molar-refractivity contribution is 5.69. The van der Waals surface area contributed by atoms with E-state index in [-0.39, 0.29) is 12.1 Å². The van der Waals surface area contributed by atoms with E-state index < -0.39 is 0 Å². The molecule has 1 fully saturated rings. The number of hydrogen-bond acceptors (Lipinski definition) is 7. The van der Waals surface area contributed by atoms with Gasteiger partial charge in [-0.2, -0.15) is 4.98 Å². The van der Waals surface area contributed by atoms with Crippen LogP contribution in [-0.4, -0.2) is 53.9 Å². The van der Waals surface area contributed by atoms with Crippen molar-refractivity contribution in [3.63, 3.8) is 0 Å². The van der Waals surface area contributed by atoms with Gasteiger partial charge in [-0.1, -0.05) is 5.16 Å². The first kappa shape index (κ1) is 14.0. The highest BCUT2D eigenvalue weighted by Crippen LogP contribution is 2.14. The minimum atomic E-state index is -0.220. The molecule has 1 atom stereocenters. The lowest BCUT2D eigenvalue weighted by Gasteiger charge is -2.23. The molecular weight excluding hydrogens is 250 g/mol. The van der Waals surface area contributed by atoms with Crippen molar-refractivity contribution in [1.82, 2.24) is 15.0 Å². The normalized spacial score (nSPS) is 18.9. The third-order valence-electron chi connectivity index (χ3n) is 3.11. The first-order valence-corrected chi connectivity index (χ1v) is 6.44. The van der Waals surface area contributed by atoms with Crippen LogP contribution in [0.5, 0.6) is 0 Å². The van der Waals surface area contributed by atoms with Crippen LogP contribution in [0.15, 0.2) is 10.9 Å². The summed E-state index contributed by atoms with van der Waals surface area (Å²) in [5, 5.41) is 3.58. The third kappa shape index (κ3) is 4.60. The predicted octanol–water partition coefficient (Wildman–Crippen LogP) is 0.614. The molecule has 0 radical (unpaired) electrons. The lowest BCUT2D eigenvalue weighted by molar-refractivity contribution is -0.141. The van der Waals surface area contributed by atoms with Crippen LogP contribution in [0.1, 0.15) is 25.2 Å². The fraction of sp³-hybridized carbons (Fsp3) is 0.750. The number of carbonyl (C=O) groups excluding carboxylic acids is 1. The maximum Gasteiger partial charge on any atom is 0.306 e. The highest BCUT2D eigenvalue weighted by atomic mass is 16.5. The predicted molar refractivity (Wildman–Crippen MR) is 65.2 cm³/mol. The van der Waals surface area contributed by atoms with Gasteiger partial charge in [0.05, 0.1) is 26.2 Å². The minimum absolute atomic E-state index is 0.220. The summed E-state index contributed by atoms with van der Waals surface area (Å²) in [6.07, 6.45) is 4.09. The topological polar surface area (TPSA) is 77.7 Å². The van der Waals surface area contributed by atoms with Gasteiger partial charge >= 0.3 is 5.97 Å². The molecule has 7 nitrogen and oxygen atoms in total. The van der Waals surface area contributed by atoms with Gasteiger partial charge in [-0.15, -0.1) is 0 Å². The first-order chi connectivity index (χ1) is 9.28. The molecule has 0 saturated carbocycles. The number of esters is 1. The molecule has 0 spiro atoms. The van der Waals surface area contributed by atoms with Crippen LogP contribution in [0.3, 0.4) is 0 Å². The van der Waals surface area contributed by atoms with Gasteiger partial charge in [0.1, 0.15) is 0 Å². The monoisotopic (exact) mass is 269 g/mol. The molecule has 1 aliphatic heterocycles. The molecule has 19 heavy (non-hydrogen) atoms. The van der Waals surface area contributed by atoms with Gasteiger partial charge < -0.3 is 14.0 Å². The van der Waals surface area contributed by atoms with Crippen LogP contribution in [0.4, 0.5) is 0 Å². The van der Waals surface area contributed by atoms with E-state index in [1.807, 2.05) is 0 Å². The van der Waals surface area contributed by atoms with Crippen LogP contribution in [-0.2, 0) is 20.8 Å². The molecule has 0 N–H and O–H groups in total.